The van der Waals surface area contributed by atoms with Crippen LogP contribution in [0.2, 0.25) is 0 Å². The van der Waals surface area contributed by atoms with Gasteiger partial charge in [-0.25, -0.2) is 9.78 Å². The number of aromatic nitrogens is 2. The van der Waals surface area contributed by atoms with Crippen LogP contribution in [0.1, 0.15) is 35.8 Å². The lowest BCUT2D eigenvalue weighted by atomic mass is 10.0. The molecule has 0 unspecified atom stereocenters. The highest BCUT2D eigenvalue weighted by atomic mass is 16.2. The zero-order chi connectivity index (χ0) is 17.6. The van der Waals surface area contributed by atoms with Crippen molar-refractivity contribution >= 4 is 6.03 Å². The molecule has 0 saturated carbocycles. The maximum Gasteiger partial charge on any atom is 0.317 e. The Morgan fingerprint density at radius 3 is 2.84 bits per heavy atom. The molecule has 1 saturated heterocycles. The van der Waals surface area contributed by atoms with Gasteiger partial charge in [0.25, 0.3) is 0 Å². The number of H-pyrrole nitrogens is 1. The van der Waals surface area contributed by atoms with E-state index in [4.69, 9.17) is 0 Å². The molecule has 134 valence electrons. The van der Waals surface area contributed by atoms with E-state index in [0.717, 1.165) is 38.2 Å². The van der Waals surface area contributed by atoms with Gasteiger partial charge >= 0.3 is 6.03 Å². The number of amides is 2. The molecule has 1 fully saturated rings. The summed E-state index contributed by atoms with van der Waals surface area (Å²) in [6, 6.07) is 8.86. The second-order valence-corrected chi connectivity index (χ2v) is 6.85. The number of rotatable bonds is 6. The second-order valence-electron chi connectivity index (χ2n) is 6.85. The SMILES string of the molecule is CN(C)Cc1ccc([C@H]2CCCN2C(=O)NCCc2ncc[nH]2)cc1. The Kier molecular flexibility index (Phi) is 5.71. The van der Waals surface area contributed by atoms with Crippen LogP contribution in [0.4, 0.5) is 4.79 Å². The quantitative estimate of drug-likeness (QED) is 0.849. The zero-order valence-corrected chi connectivity index (χ0v) is 15.0. The van der Waals surface area contributed by atoms with Crippen molar-refractivity contribution in [2.24, 2.45) is 0 Å². The molecule has 6 nitrogen and oxygen atoms in total. The first kappa shape index (κ1) is 17.5. The molecule has 2 aromatic rings. The van der Waals surface area contributed by atoms with Crippen molar-refractivity contribution in [3.05, 3.63) is 53.6 Å². The van der Waals surface area contributed by atoms with Gasteiger partial charge in [0.1, 0.15) is 5.82 Å². The van der Waals surface area contributed by atoms with E-state index in [1.165, 1.54) is 11.1 Å². The largest absolute Gasteiger partial charge is 0.349 e. The normalized spacial score (nSPS) is 17.2. The number of benzene rings is 1. The Hall–Kier alpha value is -2.34. The van der Waals surface area contributed by atoms with Gasteiger partial charge in [0.05, 0.1) is 6.04 Å². The first-order valence-corrected chi connectivity index (χ1v) is 8.90. The van der Waals surface area contributed by atoms with Crippen LogP contribution in [0.5, 0.6) is 0 Å². The highest BCUT2D eigenvalue weighted by Gasteiger charge is 2.29. The van der Waals surface area contributed by atoms with E-state index in [0.29, 0.717) is 6.54 Å². The Bertz CT molecular complexity index is 666. The Labute approximate surface area is 149 Å². The number of carbonyl (C=O) groups is 1. The summed E-state index contributed by atoms with van der Waals surface area (Å²) in [6.07, 6.45) is 6.33. The standard InChI is InChI=1S/C19H27N5O/c1-23(2)14-15-5-7-16(8-6-15)17-4-3-13-24(17)19(25)22-10-9-18-20-11-12-21-18/h5-8,11-12,17H,3-4,9-10,13-14H2,1-2H3,(H,20,21)(H,22,25)/t17-/m1/s1. The van der Waals surface area contributed by atoms with E-state index < -0.39 is 0 Å². The molecule has 0 aliphatic carbocycles. The molecule has 0 spiro atoms. The van der Waals surface area contributed by atoms with Gasteiger partial charge < -0.3 is 20.1 Å². The predicted octanol–water partition coefficient (Wildman–Crippen LogP) is 2.56. The van der Waals surface area contributed by atoms with Crippen molar-refractivity contribution in [2.75, 3.05) is 27.2 Å². The van der Waals surface area contributed by atoms with E-state index in [9.17, 15) is 4.79 Å². The minimum Gasteiger partial charge on any atom is -0.349 e. The van der Waals surface area contributed by atoms with Crippen LogP contribution in [0, 0.1) is 0 Å². The molecule has 25 heavy (non-hydrogen) atoms. The lowest BCUT2D eigenvalue weighted by molar-refractivity contribution is 0.193. The van der Waals surface area contributed by atoms with Crippen molar-refractivity contribution in [1.29, 1.82) is 0 Å². The fraction of sp³-hybridized carbons (Fsp3) is 0.474. The number of imidazole rings is 1. The molecule has 1 aliphatic rings. The average molecular weight is 341 g/mol. The Balaban J connectivity index is 1.56. The highest BCUT2D eigenvalue weighted by Crippen LogP contribution is 2.32. The molecule has 2 amide bonds. The molecule has 0 radical (unpaired) electrons. The van der Waals surface area contributed by atoms with E-state index in [2.05, 4.69) is 58.5 Å². The molecule has 2 heterocycles. The molecular weight excluding hydrogens is 314 g/mol. The van der Waals surface area contributed by atoms with Gasteiger partial charge in [0.15, 0.2) is 0 Å². The fourth-order valence-corrected chi connectivity index (χ4v) is 3.39. The summed E-state index contributed by atoms with van der Waals surface area (Å²) in [5.74, 6) is 0.898. The summed E-state index contributed by atoms with van der Waals surface area (Å²) in [5.41, 5.74) is 2.52. The smallest absolute Gasteiger partial charge is 0.317 e. The van der Waals surface area contributed by atoms with Gasteiger partial charge in [-0.1, -0.05) is 24.3 Å². The Morgan fingerprint density at radius 2 is 2.16 bits per heavy atom. The number of nitrogens with one attached hydrogen (secondary N) is 2. The summed E-state index contributed by atoms with van der Waals surface area (Å²) in [5, 5.41) is 3.02. The third-order valence-corrected chi connectivity index (χ3v) is 4.57. The summed E-state index contributed by atoms with van der Waals surface area (Å²) in [6.45, 7) is 2.34. The van der Waals surface area contributed by atoms with Crippen LogP contribution >= 0.6 is 0 Å². The van der Waals surface area contributed by atoms with E-state index in [1.807, 2.05) is 4.90 Å². The molecular formula is C19H27N5O. The maximum absolute atomic E-state index is 12.5. The molecule has 1 aromatic carbocycles. The van der Waals surface area contributed by atoms with E-state index in [-0.39, 0.29) is 12.1 Å². The van der Waals surface area contributed by atoms with Crippen LogP contribution in [0.3, 0.4) is 0 Å². The van der Waals surface area contributed by atoms with Gasteiger partial charge in [0.2, 0.25) is 0 Å². The molecule has 1 aromatic heterocycles. The van der Waals surface area contributed by atoms with Gasteiger partial charge in [-0.15, -0.1) is 0 Å². The summed E-state index contributed by atoms with van der Waals surface area (Å²) < 4.78 is 0. The van der Waals surface area contributed by atoms with Crippen molar-refractivity contribution in [2.45, 2.75) is 31.8 Å². The minimum atomic E-state index is 0.0198. The topological polar surface area (TPSA) is 64.3 Å². The number of urea groups is 1. The summed E-state index contributed by atoms with van der Waals surface area (Å²) in [4.78, 5) is 23.9. The van der Waals surface area contributed by atoms with Crippen LogP contribution in [0.25, 0.3) is 0 Å². The predicted molar refractivity (Wildman–Crippen MR) is 98.2 cm³/mol. The number of hydrogen-bond acceptors (Lipinski definition) is 3. The third kappa shape index (κ3) is 4.60. The molecule has 3 rings (SSSR count). The van der Waals surface area contributed by atoms with Crippen molar-refractivity contribution in [3.63, 3.8) is 0 Å². The fourth-order valence-electron chi connectivity index (χ4n) is 3.39. The van der Waals surface area contributed by atoms with Crippen LogP contribution < -0.4 is 5.32 Å². The van der Waals surface area contributed by atoms with Gasteiger partial charge in [0, 0.05) is 38.4 Å². The van der Waals surface area contributed by atoms with Gasteiger partial charge in [-0.05, 0) is 38.1 Å². The zero-order valence-electron chi connectivity index (χ0n) is 15.0. The van der Waals surface area contributed by atoms with E-state index in [1.54, 1.807) is 12.4 Å². The highest BCUT2D eigenvalue weighted by molar-refractivity contribution is 5.75. The average Bonchev–Trinajstić information content (AvgIpc) is 3.26. The monoisotopic (exact) mass is 341 g/mol. The number of carbonyl (C=O) groups excluding carboxylic acids is 1. The van der Waals surface area contributed by atoms with Gasteiger partial charge in [-0.3, -0.25) is 0 Å². The van der Waals surface area contributed by atoms with Crippen molar-refractivity contribution in [1.82, 2.24) is 25.1 Å². The van der Waals surface area contributed by atoms with Gasteiger partial charge in [-0.2, -0.15) is 0 Å². The number of hydrogen-bond donors (Lipinski definition) is 2. The maximum atomic E-state index is 12.5. The lowest BCUT2D eigenvalue weighted by Gasteiger charge is -2.25. The lowest BCUT2D eigenvalue weighted by Crippen LogP contribution is -2.40. The molecule has 1 aliphatic heterocycles. The molecule has 0 bridgehead atoms. The number of aromatic amines is 1. The first-order valence-electron chi connectivity index (χ1n) is 8.90. The molecule has 6 heteroatoms. The van der Waals surface area contributed by atoms with Crippen LogP contribution in [-0.2, 0) is 13.0 Å². The third-order valence-electron chi connectivity index (χ3n) is 4.57. The molecule has 2 N–H and O–H groups in total. The summed E-state index contributed by atoms with van der Waals surface area (Å²) >= 11 is 0. The summed E-state index contributed by atoms with van der Waals surface area (Å²) in [7, 11) is 4.14. The van der Waals surface area contributed by atoms with E-state index >= 15 is 0 Å². The van der Waals surface area contributed by atoms with Crippen molar-refractivity contribution < 1.29 is 4.79 Å². The van der Waals surface area contributed by atoms with Crippen LogP contribution in [-0.4, -0.2) is 53.0 Å². The Morgan fingerprint density at radius 1 is 1.36 bits per heavy atom. The number of likely N-dealkylation sites (tertiary alicyclic amines) is 1. The minimum absolute atomic E-state index is 0.0198. The number of nitrogens with zero attached hydrogens (tertiary/aromatic N) is 3. The van der Waals surface area contributed by atoms with Crippen molar-refractivity contribution in [3.8, 4) is 0 Å². The first-order chi connectivity index (χ1) is 12.1. The second kappa shape index (κ2) is 8.16. The molecule has 1 atom stereocenters. The van der Waals surface area contributed by atoms with Crippen LogP contribution in [0.15, 0.2) is 36.7 Å².